The first-order chi connectivity index (χ1) is 12.1. The van der Waals surface area contributed by atoms with E-state index in [-0.39, 0.29) is 12.5 Å². The zero-order chi connectivity index (χ0) is 17.6. The van der Waals surface area contributed by atoms with Crippen molar-refractivity contribution in [2.24, 2.45) is 0 Å². The van der Waals surface area contributed by atoms with Crippen molar-refractivity contribution < 1.29 is 9.90 Å². The molecule has 5 heteroatoms. The van der Waals surface area contributed by atoms with Crippen LogP contribution in [-0.4, -0.2) is 20.6 Å². The van der Waals surface area contributed by atoms with Crippen LogP contribution < -0.4 is 5.32 Å². The molecule has 0 unspecified atom stereocenters. The third-order valence-corrected chi connectivity index (χ3v) is 4.16. The molecule has 2 N–H and O–H groups in total. The molecule has 0 radical (unpaired) electrons. The van der Waals surface area contributed by atoms with E-state index in [9.17, 15) is 9.90 Å². The Labute approximate surface area is 147 Å². The molecule has 0 aliphatic rings. The molecule has 1 heterocycles. The van der Waals surface area contributed by atoms with Crippen molar-refractivity contribution in [2.45, 2.75) is 26.1 Å². The van der Waals surface area contributed by atoms with Gasteiger partial charge >= 0.3 is 0 Å². The highest BCUT2D eigenvalue weighted by atomic mass is 16.3. The summed E-state index contributed by atoms with van der Waals surface area (Å²) in [5.41, 5.74) is 2.98. The van der Waals surface area contributed by atoms with Gasteiger partial charge < -0.3 is 15.0 Å². The SMILES string of the molecule is Cc1ccccc1CNC(=O)Cn1ccnc1[C@@H](O)c1ccccc1. The largest absolute Gasteiger partial charge is 0.380 e. The molecule has 1 aromatic heterocycles. The first-order valence-electron chi connectivity index (χ1n) is 8.20. The van der Waals surface area contributed by atoms with E-state index in [4.69, 9.17) is 0 Å². The monoisotopic (exact) mass is 335 g/mol. The van der Waals surface area contributed by atoms with Crippen LogP contribution in [0.4, 0.5) is 0 Å². The van der Waals surface area contributed by atoms with Crippen LogP contribution >= 0.6 is 0 Å². The van der Waals surface area contributed by atoms with Gasteiger partial charge in [-0.3, -0.25) is 4.79 Å². The number of aliphatic hydroxyl groups excluding tert-OH is 1. The van der Waals surface area contributed by atoms with Gasteiger partial charge in [-0.05, 0) is 23.6 Å². The molecule has 0 aliphatic carbocycles. The molecule has 1 atom stereocenters. The minimum absolute atomic E-state index is 0.116. The molecule has 128 valence electrons. The van der Waals surface area contributed by atoms with Gasteiger partial charge in [0.1, 0.15) is 18.5 Å². The van der Waals surface area contributed by atoms with Crippen LogP contribution in [0, 0.1) is 6.92 Å². The van der Waals surface area contributed by atoms with E-state index in [2.05, 4.69) is 10.3 Å². The van der Waals surface area contributed by atoms with Crippen molar-refractivity contribution in [1.82, 2.24) is 14.9 Å². The van der Waals surface area contributed by atoms with Crippen LogP contribution in [0.3, 0.4) is 0 Å². The lowest BCUT2D eigenvalue weighted by molar-refractivity contribution is -0.121. The fourth-order valence-corrected chi connectivity index (χ4v) is 2.70. The average Bonchev–Trinajstić information content (AvgIpc) is 3.09. The summed E-state index contributed by atoms with van der Waals surface area (Å²) >= 11 is 0. The molecule has 0 bridgehead atoms. The highest BCUT2D eigenvalue weighted by Gasteiger charge is 2.17. The van der Waals surface area contributed by atoms with Gasteiger partial charge in [0.15, 0.2) is 0 Å². The molecule has 3 rings (SSSR count). The Morgan fingerprint density at radius 3 is 2.64 bits per heavy atom. The summed E-state index contributed by atoms with van der Waals surface area (Å²) < 4.78 is 1.67. The molecule has 0 spiro atoms. The number of benzene rings is 2. The van der Waals surface area contributed by atoms with Crippen molar-refractivity contribution in [1.29, 1.82) is 0 Å². The molecule has 5 nitrogen and oxygen atoms in total. The standard InChI is InChI=1S/C20H21N3O2/c1-15-7-5-6-10-17(15)13-22-18(24)14-23-12-11-21-20(23)19(25)16-8-3-2-4-9-16/h2-12,19,25H,13-14H2,1H3,(H,22,24)/t19-/m0/s1. The molecular formula is C20H21N3O2. The highest BCUT2D eigenvalue weighted by Crippen LogP contribution is 2.20. The third kappa shape index (κ3) is 4.14. The maximum Gasteiger partial charge on any atom is 0.240 e. The number of rotatable bonds is 6. The van der Waals surface area contributed by atoms with E-state index in [1.165, 1.54) is 0 Å². The summed E-state index contributed by atoms with van der Waals surface area (Å²) in [5, 5.41) is 13.4. The van der Waals surface area contributed by atoms with Crippen LogP contribution in [0.1, 0.15) is 28.6 Å². The van der Waals surface area contributed by atoms with Gasteiger partial charge in [0.25, 0.3) is 0 Å². The summed E-state index contributed by atoms with van der Waals surface area (Å²) in [4.78, 5) is 16.5. The fourth-order valence-electron chi connectivity index (χ4n) is 2.70. The lowest BCUT2D eigenvalue weighted by Gasteiger charge is -2.14. The van der Waals surface area contributed by atoms with Crippen molar-refractivity contribution in [3.63, 3.8) is 0 Å². The number of hydrogen-bond donors (Lipinski definition) is 2. The minimum atomic E-state index is -0.861. The van der Waals surface area contributed by atoms with Gasteiger partial charge in [-0.2, -0.15) is 0 Å². The molecule has 0 saturated carbocycles. The van der Waals surface area contributed by atoms with E-state index in [1.54, 1.807) is 17.0 Å². The van der Waals surface area contributed by atoms with E-state index in [1.807, 2.05) is 61.5 Å². The number of aryl methyl sites for hydroxylation is 1. The lowest BCUT2D eigenvalue weighted by atomic mass is 10.1. The lowest BCUT2D eigenvalue weighted by Crippen LogP contribution is -2.28. The summed E-state index contributed by atoms with van der Waals surface area (Å²) in [6.07, 6.45) is 2.44. The number of nitrogens with one attached hydrogen (secondary N) is 1. The smallest absolute Gasteiger partial charge is 0.240 e. The fraction of sp³-hybridized carbons (Fsp3) is 0.200. The minimum Gasteiger partial charge on any atom is -0.380 e. The van der Waals surface area contributed by atoms with E-state index in [0.717, 1.165) is 16.7 Å². The number of amides is 1. The van der Waals surface area contributed by atoms with Crippen LogP contribution in [0.25, 0.3) is 0 Å². The predicted molar refractivity (Wildman–Crippen MR) is 95.8 cm³/mol. The number of aliphatic hydroxyl groups is 1. The van der Waals surface area contributed by atoms with Crippen molar-refractivity contribution >= 4 is 5.91 Å². The molecule has 0 aliphatic heterocycles. The zero-order valence-corrected chi connectivity index (χ0v) is 14.1. The normalized spacial score (nSPS) is 11.9. The first kappa shape index (κ1) is 16.9. The third-order valence-electron chi connectivity index (χ3n) is 4.16. The van der Waals surface area contributed by atoms with Crippen LogP contribution in [-0.2, 0) is 17.9 Å². The van der Waals surface area contributed by atoms with Gasteiger partial charge in [-0.1, -0.05) is 54.6 Å². The second kappa shape index (κ2) is 7.77. The van der Waals surface area contributed by atoms with E-state index < -0.39 is 6.10 Å². The molecule has 3 aromatic rings. The molecule has 0 saturated heterocycles. The number of carbonyl (C=O) groups is 1. The number of aromatic nitrogens is 2. The van der Waals surface area contributed by atoms with Gasteiger partial charge in [-0.15, -0.1) is 0 Å². The Bertz CT molecular complexity index is 843. The summed E-state index contributed by atoms with van der Waals surface area (Å²) in [7, 11) is 0. The second-order valence-electron chi connectivity index (χ2n) is 5.93. The van der Waals surface area contributed by atoms with Crippen LogP contribution in [0.5, 0.6) is 0 Å². The van der Waals surface area contributed by atoms with Crippen molar-refractivity contribution in [2.75, 3.05) is 0 Å². The molecule has 25 heavy (non-hydrogen) atoms. The van der Waals surface area contributed by atoms with Gasteiger partial charge in [0.05, 0.1) is 0 Å². The van der Waals surface area contributed by atoms with E-state index in [0.29, 0.717) is 12.4 Å². The number of carbonyl (C=O) groups excluding carboxylic acids is 1. The second-order valence-corrected chi connectivity index (χ2v) is 5.93. The number of imidazole rings is 1. The van der Waals surface area contributed by atoms with Crippen LogP contribution in [0.2, 0.25) is 0 Å². The summed E-state index contributed by atoms with van der Waals surface area (Å²) in [6, 6.07) is 17.2. The molecular weight excluding hydrogens is 314 g/mol. The quantitative estimate of drug-likeness (QED) is 0.727. The first-order valence-corrected chi connectivity index (χ1v) is 8.20. The van der Waals surface area contributed by atoms with Crippen LogP contribution in [0.15, 0.2) is 67.0 Å². The Balaban J connectivity index is 1.65. The Morgan fingerprint density at radius 1 is 1.16 bits per heavy atom. The van der Waals surface area contributed by atoms with Gasteiger partial charge in [0, 0.05) is 18.9 Å². The molecule has 0 fully saturated rings. The van der Waals surface area contributed by atoms with Crippen molar-refractivity contribution in [3.05, 3.63) is 89.5 Å². The number of nitrogens with zero attached hydrogens (tertiary/aromatic N) is 2. The predicted octanol–water partition coefficient (Wildman–Crippen LogP) is 2.59. The van der Waals surface area contributed by atoms with E-state index >= 15 is 0 Å². The topological polar surface area (TPSA) is 67.2 Å². The summed E-state index contributed by atoms with van der Waals surface area (Å²) in [5.74, 6) is 0.333. The Kier molecular flexibility index (Phi) is 5.26. The summed E-state index contributed by atoms with van der Waals surface area (Å²) in [6.45, 7) is 2.62. The maximum atomic E-state index is 12.3. The number of hydrogen-bond acceptors (Lipinski definition) is 3. The maximum absolute atomic E-state index is 12.3. The van der Waals surface area contributed by atoms with Gasteiger partial charge in [-0.25, -0.2) is 4.98 Å². The molecule has 2 aromatic carbocycles. The van der Waals surface area contributed by atoms with Crippen molar-refractivity contribution in [3.8, 4) is 0 Å². The zero-order valence-electron chi connectivity index (χ0n) is 14.1. The average molecular weight is 335 g/mol. The molecule has 1 amide bonds. The Morgan fingerprint density at radius 2 is 1.88 bits per heavy atom. The highest BCUT2D eigenvalue weighted by molar-refractivity contribution is 5.75. The van der Waals surface area contributed by atoms with Gasteiger partial charge in [0.2, 0.25) is 5.91 Å². The Hall–Kier alpha value is -2.92.